The van der Waals surface area contributed by atoms with Crippen LogP contribution in [0.4, 0.5) is 5.82 Å². The van der Waals surface area contributed by atoms with Crippen LogP contribution in [0, 0.1) is 6.92 Å². The summed E-state index contributed by atoms with van der Waals surface area (Å²) in [7, 11) is 0. The molecule has 0 aliphatic carbocycles. The fourth-order valence-corrected chi connectivity index (χ4v) is 3.51. The van der Waals surface area contributed by atoms with Crippen molar-refractivity contribution in [2.45, 2.75) is 39.4 Å². The van der Waals surface area contributed by atoms with E-state index in [1.54, 1.807) is 6.92 Å². The van der Waals surface area contributed by atoms with Crippen molar-refractivity contribution >= 4 is 33.3 Å². The van der Waals surface area contributed by atoms with E-state index in [0.717, 1.165) is 35.0 Å². The standard InChI is InChI=1S/C15H19N3O4S/c1-3-20-15(19)12-9(2)11-13(16-8-17-14(11)23-12)18-22-10-6-4-5-7-21-10/h8,10H,3-7H2,1-2H3,(H,16,17,18)/t10-/m1/s1. The number of aromatic nitrogens is 2. The van der Waals surface area contributed by atoms with Crippen LogP contribution >= 0.6 is 11.3 Å². The molecule has 7 nitrogen and oxygen atoms in total. The number of rotatable bonds is 5. The van der Waals surface area contributed by atoms with E-state index in [1.807, 2.05) is 6.92 Å². The Morgan fingerprint density at radius 2 is 2.35 bits per heavy atom. The topological polar surface area (TPSA) is 82.6 Å². The molecule has 2 aromatic rings. The molecule has 1 aliphatic heterocycles. The molecule has 2 aromatic heterocycles. The van der Waals surface area contributed by atoms with Crippen LogP contribution in [0.2, 0.25) is 0 Å². The van der Waals surface area contributed by atoms with Crippen LogP contribution in [-0.2, 0) is 14.3 Å². The zero-order chi connectivity index (χ0) is 16.2. The Morgan fingerprint density at radius 1 is 1.48 bits per heavy atom. The molecular weight excluding hydrogens is 318 g/mol. The lowest BCUT2D eigenvalue weighted by atomic mass is 10.2. The molecule has 3 rings (SSSR count). The maximum Gasteiger partial charge on any atom is 0.348 e. The van der Waals surface area contributed by atoms with E-state index >= 15 is 0 Å². The minimum absolute atomic E-state index is 0.280. The van der Waals surface area contributed by atoms with Gasteiger partial charge in [0.25, 0.3) is 0 Å². The van der Waals surface area contributed by atoms with Crippen molar-refractivity contribution in [3.63, 3.8) is 0 Å². The number of ether oxygens (including phenoxy) is 2. The van der Waals surface area contributed by atoms with E-state index in [4.69, 9.17) is 14.3 Å². The second-order valence-corrected chi connectivity index (χ2v) is 6.19. The summed E-state index contributed by atoms with van der Waals surface area (Å²) < 4.78 is 10.6. The first-order chi connectivity index (χ1) is 11.2. The highest BCUT2D eigenvalue weighted by atomic mass is 32.1. The lowest BCUT2D eigenvalue weighted by molar-refractivity contribution is -0.145. The normalized spacial score (nSPS) is 18.1. The van der Waals surface area contributed by atoms with Gasteiger partial charge in [-0.1, -0.05) is 0 Å². The summed E-state index contributed by atoms with van der Waals surface area (Å²) in [5.41, 5.74) is 3.65. The third-order valence-electron chi connectivity index (χ3n) is 3.61. The van der Waals surface area contributed by atoms with Crippen LogP contribution < -0.4 is 5.48 Å². The molecule has 0 amide bonds. The van der Waals surface area contributed by atoms with E-state index in [2.05, 4.69) is 15.4 Å². The molecule has 0 aromatic carbocycles. The van der Waals surface area contributed by atoms with E-state index in [1.165, 1.54) is 17.7 Å². The van der Waals surface area contributed by atoms with Gasteiger partial charge in [-0.2, -0.15) is 0 Å². The van der Waals surface area contributed by atoms with Crippen LogP contribution in [0.5, 0.6) is 0 Å². The molecule has 0 saturated carbocycles. The summed E-state index contributed by atoms with van der Waals surface area (Å²) in [6.45, 7) is 4.68. The van der Waals surface area contributed by atoms with E-state index in [-0.39, 0.29) is 12.3 Å². The predicted octanol–water partition coefficient (Wildman–Crippen LogP) is 3.05. The summed E-state index contributed by atoms with van der Waals surface area (Å²) in [6.07, 6.45) is 4.15. The lowest BCUT2D eigenvalue weighted by Gasteiger charge is -2.22. The highest BCUT2D eigenvalue weighted by Crippen LogP contribution is 2.33. The van der Waals surface area contributed by atoms with Gasteiger partial charge in [0.2, 0.25) is 0 Å². The molecule has 1 fully saturated rings. The molecule has 0 unspecified atom stereocenters. The summed E-state index contributed by atoms with van der Waals surface area (Å²) in [5, 5.41) is 0.774. The lowest BCUT2D eigenvalue weighted by Crippen LogP contribution is -2.25. The van der Waals surface area contributed by atoms with Gasteiger partial charge in [0.1, 0.15) is 16.0 Å². The van der Waals surface area contributed by atoms with Gasteiger partial charge in [-0.25, -0.2) is 25.1 Å². The number of nitrogens with one attached hydrogen (secondary N) is 1. The molecule has 0 radical (unpaired) electrons. The molecule has 23 heavy (non-hydrogen) atoms. The molecule has 1 N–H and O–H groups in total. The third kappa shape index (κ3) is 3.44. The summed E-state index contributed by atoms with van der Waals surface area (Å²) in [4.78, 5) is 27.3. The van der Waals surface area contributed by atoms with Crippen molar-refractivity contribution in [3.8, 4) is 0 Å². The van der Waals surface area contributed by atoms with E-state index < -0.39 is 0 Å². The molecule has 8 heteroatoms. The Labute approximate surface area is 137 Å². The Balaban J connectivity index is 1.84. The summed E-state index contributed by atoms with van der Waals surface area (Å²) >= 11 is 1.30. The minimum atomic E-state index is -0.338. The molecule has 0 bridgehead atoms. The fourth-order valence-electron chi connectivity index (χ4n) is 2.47. The number of carbonyl (C=O) groups excluding carboxylic acids is 1. The van der Waals surface area contributed by atoms with E-state index in [0.29, 0.717) is 23.9 Å². The maximum absolute atomic E-state index is 12.0. The molecule has 3 heterocycles. The SMILES string of the molecule is CCOC(=O)c1sc2ncnc(NO[C@@H]3CCCCO3)c2c1C. The van der Waals surface area contributed by atoms with E-state index in [9.17, 15) is 4.79 Å². The summed E-state index contributed by atoms with van der Waals surface area (Å²) in [6, 6.07) is 0. The van der Waals surface area contributed by atoms with Crippen LogP contribution in [0.3, 0.4) is 0 Å². The van der Waals surface area contributed by atoms with Crippen LogP contribution in [0.15, 0.2) is 6.33 Å². The Bertz CT molecular complexity index is 697. The number of hydrogen-bond acceptors (Lipinski definition) is 8. The van der Waals surface area contributed by atoms with Gasteiger partial charge < -0.3 is 9.47 Å². The van der Waals surface area contributed by atoms with Gasteiger partial charge in [-0.3, -0.25) is 0 Å². The second kappa shape index (κ2) is 7.20. The van der Waals surface area contributed by atoms with Crippen LogP contribution in [0.25, 0.3) is 10.2 Å². The molecular formula is C15H19N3O4S. The Morgan fingerprint density at radius 3 is 3.09 bits per heavy atom. The number of esters is 1. The average Bonchev–Trinajstić information content (AvgIpc) is 2.92. The number of anilines is 1. The highest BCUT2D eigenvalue weighted by Gasteiger charge is 2.21. The number of hydrogen-bond donors (Lipinski definition) is 1. The van der Waals surface area contributed by atoms with Crippen molar-refractivity contribution in [1.82, 2.24) is 9.97 Å². The van der Waals surface area contributed by atoms with Crippen molar-refractivity contribution in [2.75, 3.05) is 18.7 Å². The predicted molar refractivity (Wildman–Crippen MR) is 86.4 cm³/mol. The van der Waals surface area contributed by atoms with Gasteiger partial charge in [0.05, 0.1) is 12.0 Å². The molecule has 0 spiro atoms. The molecule has 1 atom stereocenters. The zero-order valence-electron chi connectivity index (χ0n) is 13.1. The fraction of sp³-hybridized carbons (Fsp3) is 0.533. The first kappa shape index (κ1) is 16.1. The summed E-state index contributed by atoms with van der Waals surface area (Å²) in [5.74, 6) is 0.198. The quantitative estimate of drug-likeness (QED) is 0.663. The van der Waals surface area contributed by atoms with Gasteiger partial charge in [0, 0.05) is 13.0 Å². The number of carbonyl (C=O) groups is 1. The van der Waals surface area contributed by atoms with Crippen LogP contribution in [0.1, 0.15) is 41.4 Å². The second-order valence-electron chi connectivity index (χ2n) is 5.20. The number of nitrogens with zero attached hydrogens (tertiary/aromatic N) is 2. The molecule has 124 valence electrons. The van der Waals surface area contributed by atoms with Gasteiger partial charge in [0.15, 0.2) is 12.1 Å². The first-order valence-corrected chi connectivity index (χ1v) is 8.46. The smallest absolute Gasteiger partial charge is 0.348 e. The number of thiophene rings is 1. The van der Waals surface area contributed by atoms with Crippen molar-refractivity contribution in [1.29, 1.82) is 0 Å². The minimum Gasteiger partial charge on any atom is -0.462 e. The van der Waals surface area contributed by atoms with Gasteiger partial charge in [-0.05, 0) is 32.3 Å². The Hall–Kier alpha value is -1.77. The first-order valence-electron chi connectivity index (χ1n) is 7.65. The maximum atomic E-state index is 12.0. The van der Waals surface area contributed by atoms with Gasteiger partial charge in [-0.15, -0.1) is 11.3 Å². The van der Waals surface area contributed by atoms with Crippen molar-refractivity contribution in [2.24, 2.45) is 0 Å². The molecule has 1 aliphatic rings. The number of aryl methyl sites for hydroxylation is 1. The van der Waals surface area contributed by atoms with Crippen molar-refractivity contribution < 1.29 is 19.1 Å². The average molecular weight is 337 g/mol. The Kier molecular flexibility index (Phi) is 5.04. The van der Waals surface area contributed by atoms with Crippen molar-refractivity contribution in [3.05, 3.63) is 16.8 Å². The monoisotopic (exact) mass is 337 g/mol. The molecule has 1 saturated heterocycles. The van der Waals surface area contributed by atoms with Crippen LogP contribution in [-0.4, -0.2) is 35.4 Å². The zero-order valence-corrected chi connectivity index (χ0v) is 13.9. The number of fused-ring (bicyclic) bond motifs is 1. The largest absolute Gasteiger partial charge is 0.462 e. The highest BCUT2D eigenvalue weighted by molar-refractivity contribution is 7.20. The third-order valence-corrected chi connectivity index (χ3v) is 4.79. The van der Waals surface area contributed by atoms with Gasteiger partial charge >= 0.3 is 5.97 Å².